The summed E-state index contributed by atoms with van der Waals surface area (Å²) >= 11 is 0. The van der Waals surface area contributed by atoms with E-state index >= 15 is 0 Å². The van der Waals surface area contributed by atoms with Crippen LogP contribution in [-0.2, 0) is 0 Å². The Balaban J connectivity index is 2.71. The number of rotatable bonds is 2. The molecule has 0 aliphatic heterocycles. The summed E-state index contributed by atoms with van der Waals surface area (Å²) in [5, 5.41) is 3.27. The summed E-state index contributed by atoms with van der Waals surface area (Å²) in [6, 6.07) is 1.69. The lowest BCUT2D eigenvalue weighted by atomic mass is 10.1. The number of benzene rings is 1. The molecule has 2 rings (SSSR count). The number of aromatic nitrogens is 1. The maximum Gasteiger partial charge on any atom is 0.179 e. The van der Waals surface area contributed by atoms with Gasteiger partial charge in [-0.05, 0) is 0 Å². The number of nitrogens with zero attached hydrogens (tertiary/aromatic N) is 1. The normalized spacial score (nSPS) is 10.6. The van der Waals surface area contributed by atoms with Gasteiger partial charge in [-0.2, -0.15) is 0 Å². The highest BCUT2D eigenvalue weighted by Gasteiger charge is 2.23. The van der Waals surface area contributed by atoms with Crippen LogP contribution in [0.5, 0.6) is 5.75 Å². The minimum Gasteiger partial charge on any atom is -0.494 e. The molecule has 0 saturated carbocycles. The first-order valence-corrected chi connectivity index (χ1v) is 4.48. The van der Waals surface area contributed by atoms with Crippen LogP contribution in [0, 0.1) is 17.5 Å². The van der Waals surface area contributed by atoms with Gasteiger partial charge in [0.15, 0.2) is 34.8 Å². The summed E-state index contributed by atoms with van der Waals surface area (Å²) in [7, 11) is 1.13. The minimum absolute atomic E-state index is 0.0676. The molecule has 17 heavy (non-hydrogen) atoms. The Kier molecular flexibility index (Phi) is 2.66. The van der Waals surface area contributed by atoms with E-state index in [9.17, 15) is 13.2 Å². The summed E-state index contributed by atoms with van der Waals surface area (Å²) in [5.74, 6) is -4.54. The van der Waals surface area contributed by atoms with Gasteiger partial charge in [-0.25, -0.2) is 13.2 Å². The molecule has 90 valence electrons. The van der Waals surface area contributed by atoms with Crippen LogP contribution in [0.1, 0.15) is 0 Å². The Morgan fingerprint density at radius 1 is 1.24 bits per heavy atom. The monoisotopic (exact) mass is 244 g/mol. The number of nitrogen functional groups attached to an aromatic ring is 1. The Bertz CT molecular complexity index is 569. The molecule has 0 radical (unpaired) electrons. The molecule has 0 amide bonds. The van der Waals surface area contributed by atoms with Crippen molar-refractivity contribution < 1.29 is 22.4 Å². The van der Waals surface area contributed by atoms with Crippen LogP contribution in [-0.4, -0.2) is 12.3 Å². The molecule has 0 aliphatic rings. The van der Waals surface area contributed by atoms with Gasteiger partial charge in [-0.1, -0.05) is 5.16 Å². The van der Waals surface area contributed by atoms with Crippen molar-refractivity contribution in [1.29, 1.82) is 0 Å². The first-order chi connectivity index (χ1) is 8.04. The van der Waals surface area contributed by atoms with Crippen molar-refractivity contribution in [1.82, 2.24) is 5.16 Å². The third-order valence-electron chi connectivity index (χ3n) is 2.12. The lowest BCUT2D eigenvalue weighted by Gasteiger charge is -2.07. The van der Waals surface area contributed by atoms with Gasteiger partial charge in [0.2, 0.25) is 0 Å². The van der Waals surface area contributed by atoms with Crippen LogP contribution in [0.15, 0.2) is 16.7 Å². The van der Waals surface area contributed by atoms with E-state index in [0.29, 0.717) is 6.07 Å². The van der Waals surface area contributed by atoms with E-state index in [1.54, 1.807) is 0 Å². The van der Waals surface area contributed by atoms with Gasteiger partial charge >= 0.3 is 0 Å². The highest BCUT2D eigenvalue weighted by atomic mass is 19.2. The average Bonchev–Trinajstić information content (AvgIpc) is 2.70. The second-order valence-electron chi connectivity index (χ2n) is 3.18. The van der Waals surface area contributed by atoms with E-state index in [0.717, 1.165) is 13.2 Å². The zero-order chi connectivity index (χ0) is 12.6. The second kappa shape index (κ2) is 4.00. The van der Waals surface area contributed by atoms with Crippen molar-refractivity contribution in [2.75, 3.05) is 12.8 Å². The van der Waals surface area contributed by atoms with Crippen LogP contribution in [0.4, 0.5) is 19.0 Å². The van der Waals surface area contributed by atoms with Crippen molar-refractivity contribution in [3.05, 3.63) is 29.6 Å². The smallest absolute Gasteiger partial charge is 0.179 e. The first kappa shape index (κ1) is 11.3. The molecule has 7 heteroatoms. The first-order valence-electron chi connectivity index (χ1n) is 4.48. The summed E-state index contributed by atoms with van der Waals surface area (Å²) in [6.45, 7) is 0. The van der Waals surface area contributed by atoms with E-state index in [4.69, 9.17) is 5.73 Å². The van der Waals surface area contributed by atoms with E-state index < -0.39 is 28.8 Å². The van der Waals surface area contributed by atoms with Gasteiger partial charge in [-0.15, -0.1) is 0 Å². The molecule has 2 N–H and O–H groups in total. The van der Waals surface area contributed by atoms with E-state index in [1.165, 1.54) is 0 Å². The molecular formula is C10H7F3N2O2. The highest BCUT2D eigenvalue weighted by Crippen LogP contribution is 2.34. The lowest BCUT2D eigenvalue weighted by Crippen LogP contribution is -1.98. The molecule has 1 aromatic carbocycles. The fourth-order valence-corrected chi connectivity index (χ4v) is 1.35. The molecule has 4 nitrogen and oxygen atoms in total. The zero-order valence-electron chi connectivity index (χ0n) is 8.63. The molecule has 1 heterocycles. The Hall–Kier alpha value is -2.18. The van der Waals surface area contributed by atoms with Gasteiger partial charge in [-0.3, -0.25) is 0 Å². The van der Waals surface area contributed by atoms with Crippen LogP contribution < -0.4 is 10.5 Å². The molecule has 0 fully saturated rings. The van der Waals surface area contributed by atoms with Gasteiger partial charge in [0.1, 0.15) is 0 Å². The zero-order valence-corrected chi connectivity index (χ0v) is 8.63. The molecule has 0 saturated heterocycles. The Morgan fingerprint density at radius 3 is 2.47 bits per heavy atom. The standard InChI is InChI=1S/C10H7F3N2O2/c1-16-6-2-4(11)9(12)8(10(6)13)5-3-7(14)15-17-5/h2-3H,1H3,(H2,14,15). The second-order valence-corrected chi connectivity index (χ2v) is 3.18. The maximum absolute atomic E-state index is 13.7. The van der Waals surface area contributed by atoms with Crippen molar-refractivity contribution in [3.63, 3.8) is 0 Å². The molecule has 2 aromatic rings. The fourth-order valence-electron chi connectivity index (χ4n) is 1.35. The molecule has 0 spiro atoms. The van der Waals surface area contributed by atoms with E-state index in [2.05, 4.69) is 14.4 Å². The number of hydrogen-bond acceptors (Lipinski definition) is 4. The largest absolute Gasteiger partial charge is 0.494 e. The van der Waals surface area contributed by atoms with Crippen molar-refractivity contribution >= 4 is 5.82 Å². The quantitative estimate of drug-likeness (QED) is 0.823. The Labute approximate surface area is 93.8 Å². The number of anilines is 1. The molecule has 0 unspecified atom stereocenters. The SMILES string of the molecule is COc1cc(F)c(F)c(-c2cc(N)no2)c1F. The fraction of sp³-hybridized carbons (Fsp3) is 0.100. The number of halogens is 3. The third-order valence-corrected chi connectivity index (χ3v) is 2.12. The summed E-state index contributed by atoms with van der Waals surface area (Å²) < 4.78 is 49.6. The van der Waals surface area contributed by atoms with Crippen LogP contribution in [0.2, 0.25) is 0 Å². The minimum atomic E-state index is -1.39. The van der Waals surface area contributed by atoms with Crippen molar-refractivity contribution in [2.24, 2.45) is 0 Å². The molecule has 0 aliphatic carbocycles. The van der Waals surface area contributed by atoms with Crippen LogP contribution in [0.3, 0.4) is 0 Å². The van der Waals surface area contributed by atoms with Crippen LogP contribution >= 0.6 is 0 Å². The van der Waals surface area contributed by atoms with Gasteiger partial charge < -0.3 is 15.0 Å². The Morgan fingerprint density at radius 2 is 1.94 bits per heavy atom. The third kappa shape index (κ3) is 1.79. The summed E-state index contributed by atoms with van der Waals surface area (Å²) in [4.78, 5) is 0. The van der Waals surface area contributed by atoms with Crippen molar-refractivity contribution in [2.45, 2.75) is 0 Å². The predicted octanol–water partition coefficient (Wildman–Crippen LogP) is 2.35. The predicted molar refractivity (Wildman–Crippen MR) is 52.8 cm³/mol. The number of hydrogen-bond donors (Lipinski definition) is 1. The van der Waals surface area contributed by atoms with E-state index in [1.807, 2.05) is 0 Å². The lowest BCUT2D eigenvalue weighted by molar-refractivity contribution is 0.373. The number of ether oxygens (including phenoxy) is 1. The van der Waals surface area contributed by atoms with Gasteiger partial charge in [0.05, 0.1) is 12.7 Å². The molecule has 1 aromatic heterocycles. The maximum atomic E-state index is 13.7. The number of methoxy groups -OCH3 is 1. The topological polar surface area (TPSA) is 61.3 Å². The van der Waals surface area contributed by atoms with Gasteiger partial charge in [0, 0.05) is 12.1 Å². The number of nitrogens with two attached hydrogens (primary N) is 1. The van der Waals surface area contributed by atoms with Gasteiger partial charge in [0.25, 0.3) is 0 Å². The summed E-state index contributed by atoms with van der Waals surface area (Å²) in [6.07, 6.45) is 0. The van der Waals surface area contributed by atoms with Crippen molar-refractivity contribution in [3.8, 4) is 17.1 Å². The summed E-state index contributed by atoms with van der Waals surface area (Å²) in [5.41, 5.74) is 4.55. The molecule has 0 atom stereocenters. The van der Waals surface area contributed by atoms with E-state index in [-0.39, 0.29) is 11.6 Å². The van der Waals surface area contributed by atoms with Crippen LogP contribution in [0.25, 0.3) is 11.3 Å². The average molecular weight is 244 g/mol. The molecule has 0 bridgehead atoms. The highest BCUT2D eigenvalue weighted by molar-refractivity contribution is 5.64. The molecular weight excluding hydrogens is 237 g/mol.